The molecule has 0 aliphatic carbocycles. The van der Waals surface area contributed by atoms with Crippen LogP contribution in [-0.2, 0) is 17.9 Å². The lowest BCUT2D eigenvalue weighted by Gasteiger charge is -2.13. The van der Waals surface area contributed by atoms with Gasteiger partial charge in [-0.25, -0.2) is 0 Å². The minimum Gasteiger partial charge on any atom is -0.487 e. The minimum atomic E-state index is 0. The molecule has 0 saturated carbocycles. The summed E-state index contributed by atoms with van der Waals surface area (Å²) in [6.07, 6.45) is 5.03. The molecule has 29 heavy (non-hydrogen) atoms. The summed E-state index contributed by atoms with van der Waals surface area (Å²) in [4.78, 5) is 8.54. The Hall–Kier alpha value is -1.87. The Labute approximate surface area is 191 Å². The highest BCUT2D eigenvalue weighted by molar-refractivity contribution is 14.0. The number of ether oxygens (including phenoxy) is 2. The Morgan fingerprint density at radius 2 is 1.93 bits per heavy atom. The fraction of sp³-hybridized carbons (Fsp3) is 0.455. The first-order valence-electron chi connectivity index (χ1n) is 9.95. The van der Waals surface area contributed by atoms with Crippen molar-refractivity contribution in [2.45, 2.75) is 39.3 Å². The SMILES string of the molecule is CCCCOCCCNC(=NC)NCc1cccc(OCc2ccccn2)c1.I. The molecule has 1 aromatic carbocycles. The van der Waals surface area contributed by atoms with Crippen LogP contribution in [-0.4, -0.2) is 37.7 Å². The Kier molecular flexibility index (Phi) is 13.9. The third-order valence-corrected chi connectivity index (χ3v) is 4.10. The molecule has 0 fully saturated rings. The van der Waals surface area contributed by atoms with E-state index in [9.17, 15) is 0 Å². The van der Waals surface area contributed by atoms with Crippen molar-refractivity contribution >= 4 is 29.9 Å². The summed E-state index contributed by atoms with van der Waals surface area (Å²) in [6, 6.07) is 13.9. The molecule has 0 spiro atoms. The first-order valence-corrected chi connectivity index (χ1v) is 9.95. The van der Waals surface area contributed by atoms with Crippen LogP contribution in [0.3, 0.4) is 0 Å². The van der Waals surface area contributed by atoms with Crippen molar-refractivity contribution in [1.29, 1.82) is 0 Å². The van der Waals surface area contributed by atoms with Crippen molar-refractivity contribution in [3.05, 3.63) is 59.9 Å². The van der Waals surface area contributed by atoms with E-state index in [1.165, 1.54) is 6.42 Å². The van der Waals surface area contributed by atoms with Gasteiger partial charge in [0.2, 0.25) is 0 Å². The molecule has 160 valence electrons. The highest BCUT2D eigenvalue weighted by atomic mass is 127. The Balaban J connectivity index is 0.00000420. The van der Waals surface area contributed by atoms with Crippen molar-refractivity contribution in [2.24, 2.45) is 4.99 Å². The number of nitrogens with one attached hydrogen (secondary N) is 2. The van der Waals surface area contributed by atoms with Crippen molar-refractivity contribution in [2.75, 3.05) is 26.8 Å². The highest BCUT2D eigenvalue weighted by Gasteiger charge is 2.01. The second kappa shape index (κ2) is 16.0. The second-order valence-corrected chi connectivity index (χ2v) is 6.43. The smallest absolute Gasteiger partial charge is 0.191 e. The van der Waals surface area contributed by atoms with E-state index >= 15 is 0 Å². The van der Waals surface area contributed by atoms with Gasteiger partial charge in [-0.2, -0.15) is 0 Å². The largest absolute Gasteiger partial charge is 0.487 e. The maximum absolute atomic E-state index is 5.84. The monoisotopic (exact) mass is 512 g/mol. The summed E-state index contributed by atoms with van der Waals surface area (Å²) < 4.78 is 11.4. The van der Waals surface area contributed by atoms with Gasteiger partial charge in [0.05, 0.1) is 5.69 Å². The third kappa shape index (κ3) is 11.0. The molecule has 1 aromatic heterocycles. The van der Waals surface area contributed by atoms with Crippen LogP contribution in [0.5, 0.6) is 5.75 Å². The number of aliphatic imine (C=N–C) groups is 1. The van der Waals surface area contributed by atoms with Crippen LogP contribution in [0.4, 0.5) is 0 Å². The first kappa shape index (κ1) is 25.2. The zero-order valence-electron chi connectivity index (χ0n) is 17.4. The van der Waals surface area contributed by atoms with Gasteiger partial charge in [0.1, 0.15) is 12.4 Å². The van der Waals surface area contributed by atoms with E-state index in [0.29, 0.717) is 13.2 Å². The van der Waals surface area contributed by atoms with Crippen LogP contribution in [0.25, 0.3) is 0 Å². The summed E-state index contributed by atoms with van der Waals surface area (Å²) in [5.41, 5.74) is 2.04. The third-order valence-electron chi connectivity index (χ3n) is 4.10. The molecule has 6 nitrogen and oxygen atoms in total. The molecule has 1 heterocycles. The summed E-state index contributed by atoms with van der Waals surface area (Å²) in [5.74, 6) is 1.62. The van der Waals surface area contributed by atoms with Gasteiger partial charge in [-0.15, -0.1) is 24.0 Å². The number of benzene rings is 1. The van der Waals surface area contributed by atoms with Crippen LogP contribution >= 0.6 is 24.0 Å². The number of pyridine rings is 1. The Bertz CT molecular complexity index is 698. The number of hydrogen-bond donors (Lipinski definition) is 2. The van der Waals surface area contributed by atoms with Gasteiger partial charge in [0.25, 0.3) is 0 Å². The number of guanidine groups is 1. The zero-order chi connectivity index (χ0) is 19.9. The molecular formula is C22H33IN4O2. The maximum Gasteiger partial charge on any atom is 0.191 e. The van der Waals surface area contributed by atoms with E-state index in [-0.39, 0.29) is 24.0 Å². The van der Waals surface area contributed by atoms with E-state index in [4.69, 9.17) is 9.47 Å². The lowest BCUT2D eigenvalue weighted by molar-refractivity contribution is 0.129. The lowest BCUT2D eigenvalue weighted by Crippen LogP contribution is -2.37. The van der Waals surface area contributed by atoms with Crippen LogP contribution < -0.4 is 15.4 Å². The average molecular weight is 512 g/mol. The molecule has 0 radical (unpaired) electrons. The highest BCUT2D eigenvalue weighted by Crippen LogP contribution is 2.14. The Morgan fingerprint density at radius 3 is 2.69 bits per heavy atom. The molecule has 2 N–H and O–H groups in total. The van der Waals surface area contributed by atoms with E-state index in [1.807, 2.05) is 36.4 Å². The number of nitrogens with zero attached hydrogens (tertiary/aromatic N) is 2. The van der Waals surface area contributed by atoms with E-state index < -0.39 is 0 Å². The Morgan fingerprint density at radius 1 is 1.07 bits per heavy atom. The van der Waals surface area contributed by atoms with Gasteiger partial charge in [-0.3, -0.25) is 9.98 Å². The standard InChI is InChI=1S/C22H32N4O2.HI/c1-3-4-14-27-15-8-13-25-22(23-2)26-17-19-9-7-11-21(16-19)28-18-20-10-5-6-12-24-20;/h5-7,9-12,16H,3-4,8,13-15,17-18H2,1-2H3,(H2,23,25,26);1H. The molecule has 0 unspecified atom stereocenters. The van der Waals surface area contributed by atoms with Gasteiger partial charge in [0.15, 0.2) is 5.96 Å². The number of hydrogen-bond acceptors (Lipinski definition) is 4. The average Bonchev–Trinajstić information content (AvgIpc) is 2.75. The van der Waals surface area contributed by atoms with Crippen LogP contribution in [0.2, 0.25) is 0 Å². The summed E-state index contributed by atoms with van der Waals surface area (Å²) in [5, 5.41) is 6.64. The van der Waals surface area contributed by atoms with Gasteiger partial charge < -0.3 is 20.1 Å². The van der Waals surface area contributed by atoms with Gasteiger partial charge in [0, 0.05) is 39.5 Å². The predicted octanol–water partition coefficient (Wildman–Crippen LogP) is 4.15. The summed E-state index contributed by atoms with van der Waals surface area (Å²) in [7, 11) is 1.78. The van der Waals surface area contributed by atoms with Crippen LogP contribution in [0, 0.1) is 0 Å². The van der Waals surface area contributed by atoms with Crippen molar-refractivity contribution in [1.82, 2.24) is 15.6 Å². The number of rotatable bonds is 12. The van der Waals surface area contributed by atoms with E-state index in [1.54, 1.807) is 13.2 Å². The fourth-order valence-corrected chi connectivity index (χ4v) is 2.52. The van der Waals surface area contributed by atoms with Crippen molar-refractivity contribution in [3.63, 3.8) is 0 Å². The number of aromatic nitrogens is 1. The molecule has 0 aliphatic heterocycles. The molecule has 0 amide bonds. The van der Waals surface area contributed by atoms with Crippen LogP contribution in [0.1, 0.15) is 37.4 Å². The van der Waals surface area contributed by atoms with Crippen molar-refractivity contribution in [3.8, 4) is 5.75 Å². The quantitative estimate of drug-likeness (QED) is 0.194. The molecule has 0 atom stereocenters. The molecular weight excluding hydrogens is 479 g/mol. The molecule has 2 aromatic rings. The number of halogens is 1. The molecule has 0 saturated heterocycles. The molecule has 2 rings (SSSR count). The zero-order valence-corrected chi connectivity index (χ0v) is 19.7. The summed E-state index contributed by atoms with van der Waals surface area (Å²) >= 11 is 0. The lowest BCUT2D eigenvalue weighted by atomic mass is 10.2. The molecule has 0 aliphatic rings. The minimum absolute atomic E-state index is 0. The maximum atomic E-state index is 5.84. The topological polar surface area (TPSA) is 67.8 Å². The fourth-order valence-electron chi connectivity index (χ4n) is 2.52. The second-order valence-electron chi connectivity index (χ2n) is 6.43. The molecule has 7 heteroatoms. The predicted molar refractivity (Wildman–Crippen MR) is 129 cm³/mol. The normalized spacial score (nSPS) is 10.9. The van der Waals surface area contributed by atoms with Gasteiger partial charge in [-0.05, 0) is 42.7 Å². The molecule has 0 bridgehead atoms. The van der Waals surface area contributed by atoms with E-state index in [0.717, 1.165) is 55.6 Å². The first-order chi connectivity index (χ1) is 13.8. The summed E-state index contributed by atoms with van der Waals surface area (Å²) in [6.45, 7) is 5.76. The van der Waals surface area contributed by atoms with Gasteiger partial charge in [-0.1, -0.05) is 31.5 Å². The van der Waals surface area contributed by atoms with Crippen molar-refractivity contribution < 1.29 is 9.47 Å². The number of unbranched alkanes of at least 4 members (excludes halogenated alkanes) is 1. The van der Waals surface area contributed by atoms with Gasteiger partial charge >= 0.3 is 0 Å². The van der Waals surface area contributed by atoms with E-state index in [2.05, 4.69) is 33.6 Å². The van der Waals surface area contributed by atoms with Crippen LogP contribution in [0.15, 0.2) is 53.7 Å².